The van der Waals surface area contributed by atoms with Gasteiger partial charge in [-0.1, -0.05) is 87.8 Å². The molecule has 0 heterocycles. The minimum Gasteiger partial charge on any atom is -0.391 e. The van der Waals surface area contributed by atoms with Gasteiger partial charge in [-0.15, -0.1) is 0 Å². The van der Waals surface area contributed by atoms with Gasteiger partial charge in [0.05, 0.1) is 6.21 Å². The number of benzene rings is 3. The zero-order valence-corrected chi connectivity index (χ0v) is 14.1. The third-order valence-electron chi connectivity index (χ3n) is 3.42. The van der Waals surface area contributed by atoms with E-state index in [1.165, 1.54) is 11.1 Å². The van der Waals surface area contributed by atoms with Gasteiger partial charge in [0.15, 0.2) is 0 Å². The van der Waals surface area contributed by atoms with Crippen LogP contribution in [0, 0.1) is 0 Å². The Morgan fingerprint density at radius 1 is 0.826 bits per heavy atom. The quantitative estimate of drug-likeness (QED) is 0.421. The van der Waals surface area contributed by atoms with E-state index in [0.29, 0.717) is 6.61 Å². The number of hydrogen-bond donors (Lipinski definition) is 0. The summed E-state index contributed by atoms with van der Waals surface area (Å²) >= 11 is 3.43. The van der Waals surface area contributed by atoms with Crippen molar-refractivity contribution >= 4 is 22.1 Å². The van der Waals surface area contributed by atoms with Gasteiger partial charge in [-0.25, -0.2) is 0 Å². The lowest BCUT2D eigenvalue weighted by molar-refractivity contribution is 0.132. The van der Waals surface area contributed by atoms with E-state index in [1.807, 2.05) is 42.5 Å². The minimum atomic E-state index is 0.458. The Morgan fingerprint density at radius 2 is 1.57 bits per heavy atom. The van der Waals surface area contributed by atoms with Crippen LogP contribution in [0.1, 0.15) is 11.1 Å². The summed E-state index contributed by atoms with van der Waals surface area (Å²) in [4.78, 5) is 5.36. The van der Waals surface area contributed by atoms with Gasteiger partial charge in [0.2, 0.25) is 0 Å². The molecule has 0 saturated heterocycles. The molecular formula is C20H16BrNO. The first kappa shape index (κ1) is 15.5. The molecule has 0 atom stereocenters. The van der Waals surface area contributed by atoms with Gasteiger partial charge in [-0.2, -0.15) is 0 Å². The molecular weight excluding hydrogens is 350 g/mol. The van der Waals surface area contributed by atoms with Crippen LogP contribution in [-0.4, -0.2) is 6.21 Å². The van der Waals surface area contributed by atoms with Crippen LogP contribution in [0.15, 0.2) is 88.5 Å². The number of hydrogen-bond acceptors (Lipinski definition) is 2. The van der Waals surface area contributed by atoms with E-state index in [1.54, 1.807) is 6.21 Å². The fourth-order valence-corrected chi connectivity index (χ4v) is 2.64. The SMILES string of the molecule is Brc1cccc(C=NOCc2ccc(-c3ccccc3)cc2)c1. The van der Waals surface area contributed by atoms with Crippen molar-refractivity contribution in [2.24, 2.45) is 5.16 Å². The van der Waals surface area contributed by atoms with E-state index in [0.717, 1.165) is 15.6 Å². The average Bonchev–Trinajstić information content (AvgIpc) is 2.60. The van der Waals surface area contributed by atoms with E-state index < -0.39 is 0 Å². The fourth-order valence-electron chi connectivity index (χ4n) is 2.22. The summed E-state index contributed by atoms with van der Waals surface area (Å²) in [6, 6.07) is 26.6. The third-order valence-corrected chi connectivity index (χ3v) is 3.91. The van der Waals surface area contributed by atoms with E-state index in [4.69, 9.17) is 4.84 Å². The van der Waals surface area contributed by atoms with Crippen molar-refractivity contribution in [1.29, 1.82) is 0 Å². The first-order chi connectivity index (χ1) is 11.3. The van der Waals surface area contributed by atoms with Gasteiger partial charge in [-0.3, -0.25) is 0 Å². The zero-order chi connectivity index (χ0) is 15.9. The summed E-state index contributed by atoms with van der Waals surface area (Å²) in [6.07, 6.45) is 1.71. The molecule has 0 aromatic heterocycles. The van der Waals surface area contributed by atoms with Crippen LogP contribution in [-0.2, 0) is 11.4 Å². The summed E-state index contributed by atoms with van der Waals surface area (Å²) in [5.41, 5.74) is 4.51. The Balaban J connectivity index is 1.57. The molecule has 2 nitrogen and oxygen atoms in total. The highest BCUT2D eigenvalue weighted by Gasteiger charge is 1.97. The Labute approximate surface area is 144 Å². The summed E-state index contributed by atoms with van der Waals surface area (Å²) in [5, 5.41) is 4.01. The van der Waals surface area contributed by atoms with Crippen LogP contribution < -0.4 is 0 Å². The molecule has 3 heteroatoms. The van der Waals surface area contributed by atoms with Crippen LogP contribution in [0.4, 0.5) is 0 Å². The molecule has 0 aliphatic heterocycles. The van der Waals surface area contributed by atoms with Gasteiger partial charge < -0.3 is 4.84 Å². The molecule has 3 aromatic rings. The molecule has 0 aliphatic carbocycles. The minimum absolute atomic E-state index is 0.458. The molecule has 0 fully saturated rings. The highest BCUT2D eigenvalue weighted by Crippen LogP contribution is 2.19. The van der Waals surface area contributed by atoms with Crippen LogP contribution in [0.5, 0.6) is 0 Å². The van der Waals surface area contributed by atoms with E-state index in [9.17, 15) is 0 Å². The van der Waals surface area contributed by atoms with Crippen LogP contribution in [0.3, 0.4) is 0 Å². The van der Waals surface area contributed by atoms with Crippen LogP contribution in [0.25, 0.3) is 11.1 Å². The Bertz CT molecular complexity index is 782. The highest BCUT2D eigenvalue weighted by molar-refractivity contribution is 9.10. The second-order valence-electron chi connectivity index (χ2n) is 5.13. The maximum absolute atomic E-state index is 5.36. The topological polar surface area (TPSA) is 21.6 Å². The number of halogens is 1. The van der Waals surface area contributed by atoms with Crippen molar-refractivity contribution < 1.29 is 4.84 Å². The first-order valence-corrected chi connectivity index (χ1v) is 8.16. The van der Waals surface area contributed by atoms with Crippen molar-refractivity contribution in [3.05, 3.63) is 94.5 Å². The van der Waals surface area contributed by atoms with Crippen molar-refractivity contribution in [2.45, 2.75) is 6.61 Å². The predicted molar refractivity (Wildman–Crippen MR) is 98.4 cm³/mol. The number of nitrogens with zero attached hydrogens (tertiary/aromatic N) is 1. The maximum atomic E-state index is 5.36. The van der Waals surface area contributed by atoms with Gasteiger partial charge in [0, 0.05) is 4.47 Å². The largest absolute Gasteiger partial charge is 0.391 e. The molecule has 0 bridgehead atoms. The summed E-state index contributed by atoms with van der Waals surface area (Å²) in [6.45, 7) is 0.458. The summed E-state index contributed by atoms with van der Waals surface area (Å²) in [7, 11) is 0. The standard InChI is InChI=1S/C20H16BrNO/c21-20-8-4-5-17(13-20)14-22-23-15-16-9-11-19(12-10-16)18-6-2-1-3-7-18/h1-14H,15H2. The molecule has 0 saturated carbocycles. The molecule has 0 unspecified atom stereocenters. The summed E-state index contributed by atoms with van der Waals surface area (Å²) < 4.78 is 1.03. The molecule has 0 amide bonds. The molecule has 0 aliphatic rings. The predicted octanol–water partition coefficient (Wildman–Crippen LogP) is 5.67. The Kier molecular flexibility index (Phi) is 5.22. The van der Waals surface area contributed by atoms with E-state index in [-0.39, 0.29) is 0 Å². The van der Waals surface area contributed by atoms with Crippen molar-refractivity contribution in [3.8, 4) is 11.1 Å². The van der Waals surface area contributed by atoms with Crippen LogP contribution >= 0.6 is 15.9 Å². The third kappa shape index (κ3) is 4.54. The molecule has 114 valence electrons. The Hall–Kier alpha value is -2.39. The van der Waals surface area contributed by atoms with Crippen molar-refractivity contribution in [1.82, 2.24) is 0 Å². The van der Waals surface area contributed by atoms with Crippen LogP contribution in [0.2, 0.25) is 0 Å². The number of oxime groups is 1. The molecule has 0 N–H and O–H groups in total. The lowest BCUT2D eigenvalue weighted by Crippen LogP contribution is -1.88. The Morgan fingerprint density at radius 3 is 2.30 bits per heavy atom. The average molecular weight is 366 g/mol. The maximum Gasteiger partial charge on any atom is 0.142 e. The monoisotopic (exact) mass is 365 g/mol. The van der Waals surface area contributed by atoms with Crippen molar-refractivity contribution in [2.75, 3.05) is 0 Å². The fraction of sp³-hybridized carbons (Fsp3) is 0.0500. The van der Waals surface area contributed by atoms with E-state index in [2.05, 4.69) is 57.5 Å². The molecule has 3 rings (SSSR count). The van der Waals surface area contributed by atoms with Gasteiger partial charge in [0.1, 0.15) is 6.61 Å². The highest BCUT2D eigenvalue weighted by atomic mass is 79.9. The molecule has 0 spiro atoms. The van der Waals surface area contributed by atoms with Gasteiger partial charge in [-0.05, 0) is 34.4 Å². The lowest BCUT2D eigenvalue weighted by atomic mass is 10.0. The van der Waals surface area contributed by atoms with Crippen molar-refractivity contribution in [3.63, 3.8) is 0 Å². The normalized spacial score (nSPS) is 10.8. The summed E-state index contributed by atoms with van der Waals surface area (Å²) in [5.74, 6) is 0. The smallest absolute Gasteiger partial charge is 0.142 e. The molecule has 0 radical (unpaired) electrons. The van der Waals surface area contributed by atoms with Gasteiger partial charge in [0.25, 0.3) is 0 Å². The molecule has 3 aromatic carbocycles. The second kappa shape index (κ2) is 7.75. The zero-order valence-electron chi connectivity index (χ0n) is 12.5. The number of rotatable bonds is 5. The van der Waals surface area contributed by atoms with Gasteiger partial charge >= 0.3 is 0 Å². The first-order valence-electron chi connectivity index (χ1n) is 7.36. The van der Waals surface area contributed by atoms with E-state index >= 15 is 0 Å². The second-order valence-corrected chi connectivity index (χ2v) is 6.04. The molecule has 23 heavy (non-hydrogen) atoms. The lowest BCUT2D eigenvalue weighted by Gasteiger charge is -2.04.